The summed E-state index contributed by atoms with van der Waals surface area (Å²) in [4.78, 5) is 20.1. The number of H-pyrrole nitrogens is 1. The molecular formula is C12H11Br2N3O. The van der Waals surface area contributed by atoms with Gasteiger partial charge in [-0.3, -0.25) is 4.79 Å². The van der Waals surface area contributed by atoms with Crippen LogP contribution in [-0.4, -0.2) is 17.0 Å². The molecular weight excluding hydrogens is 362 g/mol. The van der Waals surface area contributed by atoms with Crippen LogP contribution in [0.1, 0.15) is 5.56 Å². The average molecular weight is 373 g/mol. The third kappa shape index (κ3) is 2.81. The highest BCUT2D eigenvalue weighted by Gasteiger charge is 2.11. The second-order valence-electron chi connectivity index (χ2n) is 3.82. The normalized spacial score (nSPS) is 10.4. The van der Waals surface area contributed by atoms with Gasteiger partial charge in [-0.15, -0.1) is 0 Å². The zero-order chi connectivity index (χ0) is 13.1. The van der Waals surface area contributed by atoms with E-state index in [0.717, 1.165) is 10.0 Å². The minimum atomic E-state index is -0.182. The summed E-state index contributed by atoms with van der Waals surface area (Å²) in [5.74, 6) is 0.620. The number of hydrogen-bond donors (Lipinski definition) is 1. The Balaban J connectivity index is 2.28. The molecule has 0 spiro atoms. The van der Waals surface area contributed by atoms with E-state index in [9.17, 15) is 4.79 Å². The summed E-state index contributed by atoms with van der Waals surface area (Å²) in [6.07, 6.45) is 1.40. The molecule has 1 aromatic heterocycles. The van der Waals surface area contributed by atoms with E-state index in [1.165, 1.54) is 6.33 Å². The van der Waals surface area contributed by atoms with Gasteiger partial charge in [-0.1, -0.05) is 34.1 Å². The maximum Gasteiger partial charge on any atom is 0.267 e. The van der Waals surface area contributed by atoms with Crippen LogP contribution in [0.4, 0.5) is 5.82 Å². The van der Waals surface area contributed by atoms with Crippen LogP contribution in [0.5, 0.6) is 0 Å². The molecule has 0 amide bonds. The van der Waals surface area contributed by atoms with Crippen LogP contribution in [0, 0.1) is 0 Å². The van der Waals surface area contributed by atoms with Crippen molar-refractivity contribution in [2.75, 3.05) is 11.9 Å². The third-order valence-corrected chi connectivity index (χ3v) is 3.99. The number of anilines is 1. The summed E-state index contributed by atoms with van der Waals surface area (Å²) < 4.78 is 1.48. The number of hydrogen-bond acceptors (Lipinski definition) is 3. The second-order valence-corrected chi connectivity index (χ2v) is 5.46. The number of nitrogens with zero attached hydrogens (tertiary/aromatic N) is 2. The van der Waals surface area contributed by atoms with E-state index >= 15 is 0 Å². The zero-order valence-electron chi connectivity index (χ0n) is 9.65. The Morgan fingerprint density at radius 2 is 2.06 bits per heavy atom. The lowest BCUT2D eigenvalue weighted by molar-refractivity contribution is 0.877. The SMILES string of the molecule is CN(Cc1ccccc1Br)c1nc[nH]c(=O)c1Br. The fourth-order valence-electron chi connectivity index (χ4n) is 1.60. The van der Waals surface area contributed by atoms with Crippen molar-refractivity contribution in [1.29, 1.82) is 0 Å². The molecule has 0 bridgehead atoms. The van der Waals surface area contributed by atoms with Gasteiger partial charge in [0.25, 0.3) is 5.56 Å². The molecule has 0 unspecified atom stereocenters. The van der Waals surface area contributed by atoms with Gasteiger partial charge in [0.2, 0.25) is 0 Å². The Hall–Kier alpha value is -1.14. The third-order valence-electron chi connectivity index (χ3n) is 2.51. The Labute approximate surface area is 121 Å². The first-order chi connectivity index (χ1) is 8.59. The first kappa shape index (κ1) is 13.3. The van der Waals surface area contributed by atoms with Gasteiger partial charge in [-0.2, -0.15) is 0 Å². The molecule has 4 nitrogen and oxygen atoms in total. The fourth-order valence-corrected chi connectivity index (χ4v) is 2.53. The van der Waals surface area contributed by atoms with Crippen molar-refractivity contribution in [3.63, 3.8) is 0 Å². The summed E-state index contributed by atoms with van der Waals surface area (Å²) in [7, 11) is 1.89. The van der Waals surface area contributed by atoms with E-state index in [1.807, 2.05) is 36.2 Å². The second kappa shape index (κ2) is 5.67. The molecule has 0 aliphatic carbocycles. The number of benzene rings is 1. The Kier molecular flexibility index (Phi) is 4.19. The highest BCUT2D eigenvalue weighted by atomic mass is 79.9. The summed E-state index contributed by atoms with van der Waals surface area (Å²) in [5.41, 5.74) is 0.952. The van der Waals surface area contributed by atoms with Crippen molar-refractivity contribution in [3.05, 3.63) is 55.5 Å². The first-order valence-corrected chi connectivity index (χ1v) is 6.86. The summed E-state index contributed by atoms with van der Waals surface area (Å²) in [6, 6.07) is 7.97. The standard InChI is InChI=1S/C12H11Br2N3O/c1-17(6-8-4-2-3-5-9(8)13)11-10(14)12(18)16-7-15-11/h2-5,7H,6H2,1H3,(H,15,16,18). The van der Waals surface area contributed by atoms with Gasteiger partial charge in [0.1, 0.15) is 10.3 Å². The molecule has 1 heterocycles. The highest BCUT2D eigenvalue weighted by molar-refractivity contribution is 9.10. The Morgan fingerprint density at radius 1 is 1.33 bits per heavy atom. The zero-order valence-corrected chi connectivity index (χ0v) is 12.8. The molecule has 0 fully saturated rings. The number of nitrogens with one attached hydrogen (secondary N) is 1. The van der Waals surface area contributed by atoms with E-state index in [0.29, 0.717) is 16.8 Å². The van der Waals surface area contributed by atoms with E-state index in [-0.39, 0.29) is 5.56 Å². The van der Waals surface area contributed by atoms with Crippen molar-refractivity contribution in [3.8, 4) is 0 Å². The van der Waals surface area contributed by atoms with Crippen molar-refractivity contribution < 1.29 is 0 Å². The number of aromatic nitrogens is 2. The molecule has 2 rings (SSSR count). The predicted octanol–water partition coefficient (Wildman–Crippen LogP) is 2.93. The van der Waals surface area contributed by atoms with Crippen LogP contribution in [0.2, 0.25) is 0 Å². The lowest BCUT2D eigenvalue weighted by atomic mass is 10.2. The molecule has 0 aliphatic heterocycles. The van der Waals surface area contributed by atoms with Gasteiger partial charge in [0.05, 0.1) is 6.33 Å². The molecule has 94 valence electrons. The fraction of sp³-hybridized carbons (Fsp3) is 0.167. The number of halogens is 2. The molecule has 2 aromatic rings. The summed E-state index contributed by atoms with van der Waals surface area (Å²) in [6.45, 7) is 0.663. The molecule has 0 atom stereocenters. The van der Waals surface area contributed by atoms with E-state index < -0.39 is 0 Å². The molecule has 18 heavy (non-hydrogen) atoms. The molecule has 0 radical (unpaired) electrons. The van der Waals surface area contributed by atoms with Crippen LogP contribution >= 0.6 is 31.9 Å². The van der Waals surface area contributed by atoms with Crippen LogP contribution in [0.3, 0.4) is 0 Å². The Morgan fingerprint density at radius 3 is 2.78 bits per heavy atom. The smallest absolute Gasteiger partial charge is 0.267 e. The Bertz CT molecular complexity index is 612. The van der Waals surface area contributed by atoms with Gasteiger partial charge in [0.15, 0.2) is 0 Å². The lowest BCUT2D eigenvalue weighted by Crippen LogP contribution is -2.22. The van der Waals surface area contributed by atoms with E-state index in [2.05, 4.69) is 41.8 Å². The van der Waals surface area contributed by atoms with Gasteiger partial charge in [-0.25, -0.2) is 4.98 Å². The monoisotopic (exact) mass is 371 g/mol. The van der Waals surface area contributed by atoms with Crippen LogP contribution in [0.25, 0.3) is 0 Å². The number of rotatable bonds is 3. The van der Waals surface area contributed by atoms with Crippen molar-refractivity contribution in [1.82, 2.24) is 9.97 Å². The maximum atomic E-state index is 11.5. The predicted molar refractivity (Wildman–Crippen MR) is 78.8 cm³/mol. The van der Waals surface area contributed by atoms with Crippen molar-refractivity contribution >= 4 is 37.7 Å². The van der Waals surface area contributed by atoms with Gasteiger partial charge in [0, 0.05) is 18.1 Å². The minimum absolute atomic E-state index is 0.182. The van der Waals surface area contributed by atoms with Crippen LogP contribution in [0.15, 0.2) is 44.3 Å². The molecule has 1 aromatic carbocycles. The van der Waals surface area contributed by atoms with Crippen LogP contribution in [-0.2, 0) is 6.54 Å². The molecule has 1 N–H and O–H groups in total. The summed E-state index contributed by atoms with van der Waals surface area (Å²) >= 11 is 6.76. The minimum Gasteiger partial charge on any atom is -0.354 e. The topological polar surface area (TPSA) is 49.0 Å². The van der Waals surface area contributed by atoms with E-state index in [1.54, 1.807) is 0 Å². The van der Waals surface area contributed by atoms with Crippen molar-refractivity contribution in [2.24, 2.45) is 0 Å². The molecule has 6 heteroatoms. The van der Waals surface area contributed by atoms with E-state index in [4.69, 9.17) is 0 Å². The maximum absolute atomic E-state index is 11.5. The van der Waals surface area contributed by atoms with Crippen molar-refractivity contribution in [2.45, 2.75) is 6.54 Å². The van der Waals surface area contributed by atoms with Gasteiger partial charge >= 0.3 is 0 Å². The molecule has 0 saturated carbocycles. The quantitative estimate of drug-likeness (QED) is 0.901. The highest BCUT2D eigenvalue weighted by Crippen LogP contribution is 2.22. The average Bonchev–Trinajstić information content (AvgIpc) is 2.35. The first-order valence-electron chi connectivity index (χ1n) is 5.27. The summed E-state index contributed by atoms with van der Waals surface area (Å²) in [5, 5.41) is 0. The molecule has 0 aliphatic rings. The van der Waals surface area contributed by atoms with Gasteiger partial charge in [-0.05, 0) is 27.6 Å². The molecule has 0 saturated heterocycles. The van der Waals surface area contributed by atoms with Crippen LogP contribution < -0.4 is 10.5 Å². The number of aromatic amines is 1. The lowest BCUT2D eigenvalue weighted by Gasteiger charge is -2.19. The largest absolute Gasteiger partial charge is 0.354 e. The van der Waals surface area contributed by atoms with Gasteiger partial charge < -0.3 is 9.88 Å².